The van der Waals surface area contributed by atoms with Crippen molar-refractivity contribution in [3.63, 3.8) is 0 Å². The molecule has 0 bridgehead atoms. The molecule has 0 aliphatic carbocycles. The number of benzene rings is 1. The average Bonchev–Trinajstić information content (AvgIpc) is 2.92. The fourth-order valence-electron chi connectivity index (χ4n) is 5.07. The third-order valence-electron chi connectivity index (χ3n) is 6.91. The van der Waals surface area contributed by atoms with Crippen molar-refractivity contribution in [2.45, 2.75) is 45.3 Å². The lowest BCUT2D eigenvalue weighted by atomic mass is 9.94. The van der Waals surface area contributed by atoms with E-state index in [0.717, 1.165) is 47.7 Å². The van der Waals surface area contributed by atoms with Gasteiger partial charge in [0.15, 0.2) is 0 Å². The lowest BCUT2D eigenvalue weighted by Gasteiger charge is -2.27. The van der Waals surface area contributed by atoms with Crippen molar-refractivity contribution in [1.82, 2.24) is 14.5 Å². The molecule has 8 nitrogen and oxygen atoms in total. The van der Waals surface area contributed by atoms with E-state index in [9.17, 15) is 4.79 Å². The maximum atomic E-state index is 12.7. The summed E-state index contributed by atoms with van der Waals surface area (Å²) in [6.45, 7) is 5.93. The molecule has 3 aromatic rings. The SMILES string of the molecule is CCOC(COC)COc1cc2n(c(=O)n1)CCc1cc(-c3ccc(N4CCCCC4)nc3)ccc1-2. The number of hydrogen-bond acceptors (Lipinski definition) is 7. The van der Waals surface area contributed by atoms with Crippen LogP contribution in [0.15, 0.2) is 47.4 Å². The lowest BCUT2D eigenvalue weighted by molar-refractivity contribution is -0.0211. The first-order chi connectivity index (χ1) is 17.7. The third kappa shape index (κ3) is 5.29. The number of ether oxygens (including phenoxy) is 3. The molecule has 0 radical (unpaired) electrons. The zero-order chi connectivity index (χ0) is 24.9. The molecular formula is C28H34N4O4. The van der Waals surface area contributed by atoms with E-state index in [0.29, 0.717) is 25.6 Å². The molecule has 0 amide bonds. The van der Waals surface area contributed by atoms with Crippen LogP contribution in [0.5, 0.6) is 5.88 Å². The van der Waals surface area contributed by atoms with Gasteiger partial charge in [-0.3, -0.25) is 4.57 Å². The molecule has 1 atom stereocenters. The van der Waals surface area contributed by atoms with E-state index in [4.69, 9.17) is 19.2 Å². The topological polar surface area (TPSA) is 78.7 Å². The summed E-state index contributed by atoms with van der Waals surface area (Å²) in [6, 6.07) is 12.5. The van der Waals surface area contributed by atoms with E-state index in [2.05, 4.69) is 40.2 Å². The molecule has 0 spiro atoms. The summed E-state index contributed by atoms with van der Waals surface area (Å²) in [5, 5.41) is 0. The van der Waals surface area contributed by atoms with Gasteiger partial charge in [0.25, 0.3) is 0 Å². The van der Waals surface area contributed by atoms with Crippen molar-refractivity contribution in [3.05, 3.63) is 58.6 Å². The van der Waals surface area contributed by atoms with E-state index >= 15 is 0 Å². The highest BCUT2D eigenvalue weighted by Gasteiger charge is 2.21. The van der Waals surface area contributed by atoms with Crippen LogP contribution in [0.25, 0.3) is 22.4 Å². The lowest BCUT2D eigenvalue weighted by Crippen LogP contribution is -2.30. The second-order valence-corrected chi connectivity index (χ2v) is 9.33. The molecule has 1 aromatic carbocycles. The van der Waals surface area contributed by atoms with E-state index in [1.807, 2.05) is 19.2 Å². The first kappa shape index (κ1) is 24.5. The molecule has 2 aromatic heterocycles. The molecule has 1 saturated heterocycles. The molecule has 5 rings (SSSR count). The number of aryl methyl sites for hydroxylation is 1. The summed E-state index contributed by atoms with van der Waals surface area (Å²) in [5.74, 6) is 1.36. The molecule has 190 valence electrons. The van der Waals surface area contributed by atoms with E-state index in [1.54, 1.807) is 11.7 Å². The maximum Gasteiger partial charge on any atom is 0.351 e. The zero-order valence-corrected chi connectivity index (χ0v) is 21.1. The Morgan fingerprint density at radius 1 is 1.00 bits per heavy atom. The molecular weight excluding hydrogens is 456 g/mol. The van der Waals surface area contributed by atoms with Crippen molar-refractivity contribution in [2.24, 2.45) is 0 Å². The van der Waals surface area contributed by atoms with Gasteiger partial charge in [0, 0.05) is 56.7 Å². The minimum atomic E-state index is -0.297. The van der Waals surface area contributed by atoms with Crippen molar-refractivity contribution >= 4 is 5.82 Å². The van der Waals surface area contributed by atoms with Gasteiger partial charge in [-0.15, -0.1) is 0 Å². The first-order valence-corrected chi connectivity index (χ1v) is 12.9. The summed E-state index contributed by atoms with van der Waals surface area (Å²) in [6.07, 6.45) is 6.31. The predicted octanol–water partition coefficient (Wildman–Crippen LogP) is 3.95. The van der Waals surface area contributed by atoms with Crippen LogP contribution in [-0.2, 0) is 22.4 Å². The van der Waals surface area contributed by atoms with Gasteiger partial charge in [-0.25, -0.2) is 9.78 Å². The summed E-state index contributed by atoms with van der Waals surface area (Å²) >= 11 is 0. The van der Waals surface area contributed by atoms with Gasteiger partial charge >= 0.3 is 5.69 Å². The van der Waals surface area contributed by atoms with Crippen LogP contribution in [0.4, 0.5) is 5.82 Å². The van der Waals surface area contributed by atoms with E-state index in [1.165, 1.54) is 24.8 Å². The van der Waals surface area contributed by atoms with Crippen LogP contribution >= 0.6 is 0 Å². The summed E-state index contributed by atoms with van der Waals surface area (Å²) in [4.78, 5) is 24.0. The predicted molar refractivity (Wildman–Crippen MR) is 140 cm³/mol. The standard InChI is InChI=1S/C28H34N4O4/c1-3-35-23(18-34-2)19-36-27-16-25-24-9-7-20(15-21(24)11-14-32(25)28(33)30-27)22-8-10-26(29-17-22)31-12-5-4-6-13-31/h7-10,15-17,23H,3-6,11-14,18-19H2,1-2H3. The smallest absolute Gasteiger partial charge is 0.351 e. The Morgan fingerprint density at radius 2 is 1.83 bits per heavy atom. The number of nitrogens with zero attached hydrogens (tertiary/aromatic N) is 4. The largest absolute Gasteiger partial charge is 0.475 e. The molecule has 1 fully saturated rings. The number of pyridine rings is 1. The van der Waals surface area contributed by atoms with Gasteiger partial charge in [0.2, 0.25) is 5.88 Å². The normalized spacial score (nSPS) is 15.8. The molecule has 4 heterocycles. The average molecular weight is 491 g/mol. The van der Waals surface area contributed by atoms with E-state index < -0.39 is 0 Å². The maximum absolute atomic E-state index is 12.7. The summed E-state index contributed by atoms with van der Waals surface area (Å²) in [7, 11) is 1.62. The molecule has 1 unspecified atom stereocenters. The van der Waals surface area contributed by atoms with Gasteiger partial charge in [0.1, 0.15) is 18.5 Å². The molecule has 0 saturated carbocycles. The van der Waals surface area contributed by atoms with Gasteiger partial charge in [-0.05, 0) is 55.9 Å². The summed E-state index contributed by atoms with van der Waals surface area (Å²) < 4.78 is 18.4. The fraction of sp³-hybridized carbons (Fsp3) is 0.464. The second-order valence-electron chi connectivity index (χ2n) is 9.33. The van der Waals surface area contributed by atoms with Crippen LogP contribution in [-0.4, -0.2) is 60.7 Å². The monoisotopic (exact) mass is 490 g/mol. The Hall–Kier alpha value is -3.23. The minimum absolute atomic E-state index is 0.217. The third-order valence-corrected chi connectivity index (χ3v) is 6.91. The highest BCUT2D eigenvalue weighted by molar-refractivity contribution is 5.73. The van der Waals surface area contributed by atoms with Crippen LogP contribution < -0.4 is 15.3 Å². The summed E-state index contributed by atoms with van der Waals surface area (Å²) in [5.41, 5.74) is 5.00. The number of hydrogen-bond donors (Lipinski definition) is 0. The van der Waals surface area contributed by atoms with E-state index in [-0.39, 0.29) is 18.4 Å². The number of methoxy groups -OCH3 is 1. The van der Waals surface area contributed by atoms with Crippen LogP contribution in [0.2, 0.25) is 0 Å². The highest BCUT2D eigenvalue weighted by Crippen LogP contribution is 2.33. The fourth-order valence-corrected chi connectivity index (χ4v) is 5.07. The van der Waals surface area contributed by atoms with Gasteiger partial charge in [-0.2, -0.15) is 4.98 Å². The van der Waals surface area contributed by atoms with Crippen molar-refractivity contribution < 1.29 is 14.2 Å². The van der Waals surface area contributed by atoms with Crippen LogP contribution in [0, 0.1) is 0 Å². The molecule has 8 heteroatoms. The van der Waals surface area contributed by atoms with Crippen molar-refractivity contribution in [3.8, 4) is 28.3 Å². The minimum Gasteiger partial charge on any atom is -0.475 e. The van der Waals surface area contributed by atoms with Crippen LogP contribution in [0.1, 0.15) is 31.7 Å². The van der Waals surface area contributed by atoms with Crippen molar-refractivity contribution in [1.29, 1.82) is 0 Å². The highest BCUT2D eigenvalue weighted by atomic mass is 16.6. The number of piperidine rings is 1. The Morgan fingerprint density at radius 3 is 2.58 bits per heavy atom. The number of anilines is 1. The molecule has 0 N–H and O–H groups in total. The first-order valence-electron chi connectivity index (χ1n) is 12.9. The Bertz CT molecular complexity index is 1230. The van der Waals surface area contributed by atoms with Gasteiger partial charge in [0.05, 0.1) is 12.3 Å². The van der Waals surface area contributed by atoms with Crippen LogP contribution in [0.3, 0.4) is 0 Å². The number of aromatic nitrogens is 3. The second kappa shape index (κ2) is 11.2. The molecule has 36 heavy (non-hydrogen) atoms. The molecule has 2 aliphatic rings. The number of fused-ring (bicyclic) bond motifs is 3. The van der Waals surface area contributed by atoms with Gasteiger partial charge in [-0.1, -0.05) is 18.2 Å². The Kier molecular flexibility index (Phi) is 7.63. The Balaban J connectivity index is 1.37. The van der Waals surface area contributed by atoms with Crippen molar-refractivity contribution in [2.75, 3.05) is 44.9 Å². The zero-order valence-electron chi connectivity index (χ0n) is 21.1. The number of rotatable bonds is 9. The quantitative estimate of drug-likeness (QED) is 0.449. The molecule has 2 aliphatic heterocycles. The van der Waals surface area contributed by atoms with Gasteiger partial charge < -0.3 is 19.1 Å². The Labute approximate surface area is 211 Å².